The Morgan fingerprint density at radius 2 is 1.62 bits per heavy atom. The monoisotopic (exact) mass is 462 g/mol. The fourth-order valence-electron chi connectivity index (χ4n) is 4.25. The number of anilines is 1. The molecule has 176 valence electrons. The summed E-state index contributed by atoms with van der Waals surface area (Å²) in [6.07, 6.45) is 3.97. The number of rotatable bonds is 6. The Kier molecular flexibility index (Phi) is 5.85. The van der Waals surface area contributed by atoms with Crippen LogP contribution >= 0.6 is 0 Å². The Morgan fingerprint density at radius 3 is 2.24 bits per heavy atom. The van der Waals surface area contributed by atoms with Gasteiger partial charge < -0.3 is 28.4 Å². The summed E-state index contributed by atoms with van der Waals surface area (Å²) in [6, 6.07) is 13.2. The molecule has 4 aromatic rings. The maximum atomic E-state index is 13.7. The molecular formula is C25H26N4O5. The number of carbonyl (C=O) groups is 1. The lowest BCUT2D eigenvalue weighted by molar-refractivity contribution is 0.0949. The molecule has 34 heavy (non-hydrogen) atoms. The number of ether oxygens (including phenoxy) is 4. The van der Waals surface area contributed by atoms with Gasteiger partial charge in [0, 0.05) is 42.1 Å². The Balaban J connectivity index is 1.65. The second-order valence-electron chi connectivity index (χ2n) is 7.85. The molecule has 0 bridgehead atoms. The lowest BCUT2D eigenvalue weighted by Crippen LogP contribution is -2.36. The summed E-state index contributed by atoms with van der Waals surface area (Å²) >= 11 is 0. The Labute approximate surface area is 197 Å². The molecule has 2 aromatic carbocycles. The molecule has 1 aliphatic rings. The molecule has 9 heteroatoms. The number of benzene rings is 2. The van der Waals surface area contributed by atoms with E-state index in [2.05, 4.69) is 11.0 Å². The first-order chi connectivity index (χ1) is 16.6. The summed E-state index contributed by atoms with van der Waals surface area (Å²) in [5.74, 6) is 1.71. The van der Waals surface area contributed by atoms with Gasteiger partial charge in [0.05, 0.1) is 40.1 Å². The molecule has 1 fully saturated rings. The number of fused-ring (bicyclic) bond motifs is 1. The number of aromatic nitrogens is 3. The predicted molar refractivity (Wildman–Crippen MR) is 128 cm³/mol. The quantitative estimate of drug-likeness (QED) is 0.435. The first-order valence-corrected chi connectivity index (χ1v) is 11.0. The number of carbonyl (C=O) groups excluding carboxylic acids is 1. The van der Waals surface area contributed by atoms with Crippen molar-refractivity contribution >= 4 is 22.6 Å². The van der Waals surface area contributed by atoms with E-state index in [4.69, 9.17) is 24.0 Å². The Bertz CT molecular complexity index is 1300. The Hall–Kier alpha value is -3.98. The summed E-state index contributed by atoms with van der Waals surface area (Å²) in [4.78, 5) is 15.9. The fraction of sp³-hybridized carbons (Fsp3) is 0.280. The van der Waals surface area contributed by atoms with Gasteiger partial charge >= 0.3 is 0 Å². The first kappa shape index (κ1) is 21.8. The van der Waals surface area contributed by atoms with Gasteiger partial charge in [0.2, 0.25) is 5.75 Å². The number of morpholine rings is 1. The van der Waals surface area contributed by atoms with Crippen molar-refractivity contribution < 1.29 is 23.7 Å². The van der Waals surface area contributed by atoms with Crippen molar-refractivity contribution in [3.63, 3.8) is 0 Å². The number of hydrogen-bond donors (Lipinski definition) is 0. The van der Waals surface area contributed by atoms with Crippen LogP contribution in [0, 0.1) is 0 Å². The van der Waals surface area contributed by atoms with Crippen LogP contribution in [0.1, 0.15) is 10.4 Å². The van der Waals surface area contributed by atoms with Gasteiger partial charge in [-0.05, 0) is 42.5 Å². The highest BCUT2D eigenvalue weighted by Crippen LogP contribution is 2.39. The summed E-state index contributed by atoms with van der Waals surface area (Å²) in [6.45, 7) is 2.65. The highest BCUT2D eigenvalue weighted by Gasteiger charge is 2.25. The number of nitrogens with zero attached hydrogens (tertiary/aromatic N) is 4. The molecule has 1 aliphatic heterocycles. The van der Waals surface area contributed by atoms with Gasteiger partial charge in [-0.25, -0.2) is 0 Å². The molecule has 5 rings (SSSR count). The standard InChI is InChI=1S/C25H26N4O5/c1-31-21-14-17(15-22(32-2)23(21)33-3)25(30)29-20-7-6-18(27-8-4-5-9-27)16-19(20)24(26-29)28-10-12-34-13-11-28/h4-9,14-16H,10-13H2,1-3H3. The van der Waals surface area contributed by atoms with Crippen LogP contribution in [0.15, 0.2) is 54.9 Å². The van der Waals surface area contributed by atoms with Crippen molar-refractivity contribution in [3.05, 3.63) is 60.4 Å². The zero-order valence-electron chi connectivity index (χ0n) is 19.4. The number of hydrogen-bond acceptors (Lipinski definition) is 7. The van der Waals surface area contributed by atoms with Gasteiger partial charge in [0.25, 0.3) is 5.91 Å². The van der Waals surface area contributed by atoms with Gasteiger partial charge in [-0.2, -0.15) is 4.68 Å². The third-order valence-corrected chi connectivity index (χ3v) is 5.96. The van der Waals surface area contributed by atoms with E-state index in [0.29, 0.717) is 49.1 Å². The highest BCUT2D eigenvalue weighted by molar-refractivity contribution is 6.05. The molecule has 0 atom stereocenters. The van der Waals surface area contributed by atoms with Crippen molar-refractivity contribution in [3.8, 4) is 22.9 Å². The van der Waals surface area contributed by atoms with Crippen molar-refractivity contribution in [2.75, 3.05) is 52.5 Å². The third-order valence-electron chi connectivity index (χ3n) is 5.96. The SMILES string of the molecule is COc1cc(C(=O)n2nc(N3CCOCC3)c3cc(-n4cccc4)ccc32)cc(OC)c1OC. The van der Waals surface area contributed by atoms with Crippen LogP contribution in [0.4, 0.5) is 5.82 Å². The predicted octanol–water partition coefficient (Wildman–Crippen LogP) is 3.38. The van der Waals surface area contributed by atoms with Gasteiger partial charge in [-0.15, -0.1) is 5.10 Å². The van der Waals surface area contributed by atoms with Gasteiger partial charge in [-0.3, -0.25) is 4.79 Å². The van der Waals surface area contributed by atoms with Crippen molar-refractivity contribution in [1.82, 2.24) is 14.3 Å². The first-order valence-electron chi connectivity index (χ1n) is 11.0. The zero-order valence-corrected chi connectivity index (χ0v) is 19.4. The molecule has 3 heterocycles. The van der Waals surface area contributed by atoms with Crippen molar-refractivity contribution in [1.29, 1.82) is 0 Å². The highest BCUT2D eigenvalue weighted by atomic mass is 16.5. The molecule has 0 aliphatic carbocycles. The Morgan fingerprint density at radius 1 is 0.941 bits per heavy atom. The second-order valence-corrected chi connectivity index (χ2v) is 7.85. The normalized spacial score (nSPS) is 13.8. The van der Waals surface area contributed by atoms with E-state index < -0.39 is 0 Å². The van der Waals surface area contributed by atoms with Crippen LogP contribution in [0.3, 0.4) is 0 Å². The van der Waals surface area contributed by atoms with Crippen LogP contribution in [-0.4, -0.2) is 67.9 Å². The molecular weight excluding hydrogens is 436 g/mol. The fourth-order valence-corrected chi connectivity index (χ4v) is 4.25. The molecule has 2 aromatic heterocycles. The van der Waals surface area contributed by atoms with E-state index in [-0.39, 0.29) is 5.91 Å². The average molecular weight is 463 g/mol. The van der Waals surface area contributed by atoms with Crippen LogP contribution in [0.5, 0.6) is 17.2 Å². The minimum absolute atomic E-state index is 0.294. The lowest BCUT2D eigenvalue weighted by atomic mass is 10.1. The molecule has 0 unspecified atom stereocenters. The van der Waals surface area contributed by atoms with Gasteiger partial charge in [-0.1, -0.05) is 0 Å². The van der Waals surface area contributed by atoms with Crippen molar-refractivity contribution in [2.24, 2.45) is 0 Å². The minimum Gasteiger partial charge on any atom is -0.493 e. The second kappa shape index (κ2) is 9.11. The van der Waals surface area contributed by atoms with Crippen LogP contribution in [0.25, 0.3) is 16.6 Å². The molecule has 0 spiro atoms. The van der Waals surface area contributed by atoms with Crippen molar-refractivity contribution in [2.45, 2.75) is 0 Å². The number of methoxy groups -OCH3 is 3. The smallest absolute Gasteiger partial charge is 0.279 e. The van der Waals surface area contributed by atoms with Crippen LogP contribution < -0.4 is 19.1 Å². The largest absolute Gasteiger partial charge is 0.493 e. The molecule has 0 radical (unpaired) electrons. The molecule has 9 nitrogen and oxygen atoms in total. The summed E-state index contributed by atoms with van der Waals surface area (Å²) in [5.41, 5.74) is 2.09. The zero-order chi connectivity index (χ0) is 23.7. The summed E-state index contributed by atoms with van der Waals surface area (Å²) in [5, 5.41) is 5.68. The third kappa shape index (κ3) is 3.73. The summed E-state index contributed by atoms with van der Waals surface area (Å²) in [7, 11) is 4.57. The van der Waals surface area contributed by atoms with E-state index in [1.165, 1.54) is 26.0 Å². The van der Waals surface area contributed by atoms with E-state index in [1.54, 1.807) is 12.1 Å². The minimum atomic E-state index is -0.294. The molecule has 0 N–H and O–H groups in total. The summed E-state index contributed by atoms with van der Waals surface area (Å²) < 4.78 is 25.3. The topological polar surface area (TPSA) is 80.0 Å². The van der Waals surface area contributed by atoms with Gasteiger partial charge in [0.1, 0.15) is 0 Å². The van der Waals surface area contributed by atoms with E-state index >= 15 is 0 Å². The van der Waals surface area contributed by atoms with Crippen LogP contribution in [0.2, 0.25) is 0 Å². The maximum Gasteiger partial charge on any atom is 0.279 e. The van der Waals surface area contributed by atoms with Crippen LogP contribution in [-0.2, 0) is 4.74 Å². The van der Waals surface area contributed by atoms with E-state index in [0.717, 1.165) is 22.4 Å². The van der Waals surface area contributed by atoms with E-state index in [1.807, 2.05) is 41.2 Å². The lowest BCUT2D eigenvalue weighted by Gasteiger charge is -2.27. The van der Waals surface area contributed by atoms with Gasteiger partial charge in [0.15, 0.2) is 17.3 Å². The maximum absolute atomic E-state index is 13.7. The van der Waals surface area contributed by atoms with E-state index in [9.17, 15) is 4.79 Å². The molecule has 0 saturated carbocycles. The molecule has 1 saturated heterocycles. The average Bonchev–Trinajstić information content (AvgIpc) is 3.56. The molecule has 0 amide bonds.